The summed E-state index contributed by atoms with van der Waals surface area (Å²) in [5.74, 6) is 0.985. The van der Waals surface area contributed by atoms with Crippen molar-refractivity contribution in [2.24, 2.45) is 4.99 Å². The molecule has 148 valence electrons. The Balaban J connectivity index is 0.00000261. The van der Waals surface area contributed by atoms with Gasteiger partial charge in [-0.25, -0.2) is 4.98 Å². The van der Waals surface area contributed by atoms with Crippen molar-refractivity contribution in [1.29, 1.82) is 0 Å². The third-order valence-corrected chi connectivity index (χ3v) is 5.85. The van der Waals surface area contributed by atoms with Crippen LogP contribution in [-0.4, -0.2) is 55.6 Å². The van der Waals surface area contributed by atoms with Crippen molar-refractivity contribution in [3.63, 3.8) is 0 Å². The molecule has 5 nitrogen and oxygen atoms in total. The van der Waals surface area contributed by atoms with Crippen molar-refractivity contribution in [1.82, 2.24) is 15.2 Å². The van der Waals surface area contributed by atoms with Gasteiger partial charge in [0.2, 0.25) is 0 Å². The van der Waals surface area contributed by atoms with Crippen molar-refractivity contribution in [3.05, 3.63) is 45.4 Å². The van der Waals surface area contributed by atoms with Gasteiger partial charge >= 0.3 is 0 Å². The minimum atomic E-state index is 0. The molecule has 1 N–H and O–H groups in total. The van der Waals surface area contributed by atoms with Crippen LogP contribution < -0.4 is 10.2 Å². The first-order valence-corrected chi connectivity index (χ1v) is 10.3. The molecule has 0 spiro atoms. The van der Waals surface area contributed by atoms with Gasteiger partial charge in [-0.15, -0.1) is 35.3 Å². The fourth-order valence-corrected chi connectivity index (χ4v) is 4.23. The molecule has 0 amide bonds. The number of thiazole rings is 1. The summed E-state index contributed by atoms with van der Waals surface area (Å²) in [5, 5.41) is 7.64. The van der Waals surface area contributed by atoms with Gasteiger partial charge in [0.25, 0.3) is 0 Å². The number of benzene rings is 1. The van der Waals surface area contributed by atoms with Crippen molar-refractivity contribution >= 4 is 58.6 Å². The summed E-state index contributed by atoms with van der Waals surface area (Å²) < 4.78 is 0. The third kappa shape index (κ3) is 6.22. The van der Waals surface area contributed by atoms with Crippen LogP contribution in [0.2, 0.25) is 5.02 Å². The number of nitrogens with zero attached hydrogens (tertiary/aromatic N) is 4. The zero-order valence-corrected chi connectivity index (χ0v) is 19.7. The molecule has 0 bridgehead atoms. The van der Waals surface area contributed by atoms with Gasteiger partial charge in [0.1, 0.15) is 0 Å². The Kier molecular flexibility index (Phi) is 9.11. The smallest absolute Gasteiger partial charge is 0.193 e. The maximum atomic E-state index is 6.32. The molecule has 2 aromatic rings. The van der Waals surface area contributed by atoms with Gasteiger partial charge in [0, 0.05) is 57.3 Å². The fraction of sp³-hybridized carbons (Fsp3) is 0.474. The maximum absolute atomic E-state index is 6.32. The van der Waals surface area contributed by atoms with Crippen LogP contribution in [0, 0.1) is 6.92 Å². The minimum Gasteiger partial charge on any atom is -0.367 e. The van der Waals surface area contributed by atoms with E-state index in [0.717, 1.165) is 67.9 Å². The number of rotatable bonds is 5. The van der Waals surface area contributed by atoms with Crippen LogP contribution in [0.25, 0.3) is 0 Å². The average Bonchev–Trinajstić information content (AvgIpc) is 3.08. The van der Waals surface area contributed by atoms with E-state index in [1.165, 1.54) is 5.01 Å². The van der Waals surface area contributed by atoms with Crippen molar-refractivity contribution in [2.75, 3.05) is 44.7 Å². The number of piperazine rings is 1. The molecule has 0 aliphatic carbocycles. The number of anilines is 1. The summed E-state index contributed by atoms with van der Waals surface area (Å²) >= 11 is 8.07. The highest BCUT2D eigenvalue weighted by atomic mass is 127. The molecule has 27 heavy (non-hydrogen) atoms. The Morgan fingerprint density at radius 2 is 2.00 bits per heavy atom. The van der Waals surface area contributed by atoms with Crippen molar-refractivity contribution < 1.29 is 0 Å². The lowest BCUT2D eigenvalue weighted by Gasteiger charge is -2.38. The van der Waals surface area contributed by atoms with Crippen LogP contribution in [0.4, 0.5) is 5.69 Å². The van der Waals surface area contributed by atoms with E-state index in [-0.39, 0.29) is 24.0 Å². The predicted octanol–water partition coefficient (Wildman–Crippen LogP) is 4.05. The monoisotopic (exact) mass is 519 g/mol. The van der Waals surface area contributed by atoms with Crippen molar-refractivity contribution in [2.45, 2.75) is 19.8 Å². The van der Waals surface area contributed by atoms with Gasteiger partial charge in [0.05, 0.1) is 15.7 Å². The lowest BCUT2D eigenvalue weighted by atomic mass is 10.2. The largest absolute Gasteiger partial charge is 0.367 e. The van der Waals surface area contributed by atoms with Gasteiger partial charge in [0.15, 0.2) is 5.96 Å². The first-order valence-electron chi connectivity index (χ1n) is 9.03. The standard InChI is InChI=1S/C19H26ClN5S.HI/c1-15-14-26-18(23-15)8-5-9-22-19(21-2)25-12-10-24(11-13-25)17-7-4-3-6-16(17)20;/h3-4,6-7,14H,5,8-13H2,1-2H3,(H,21,22);1H. The molecule has 1 fully saturated rings. The van der Waals surface area contributed by atoms with E-state index < -0.39 is 0 Å². The summed E-state index contributed by atoms with van der Waals surface area (Å²) in [6, 6.07) is 8.05. The van der Waals surface area contributed by atoms with Crippen LogP contribution in [0.15, 0.2) is 34.6 Å². The number of aliphatic imine (C=N–C) groups is 1. The SMILES string of the molecule is CN=C(NCCCc1nc(C)cs1)N1CCN(c2ccccc2Cl)CC1.I. The predicted molar refractivity (Wildman–Crippen MR) is 127 cm³/mol. The molecule has 1 aliphatic rings. The van der Waals surface area contributed by atoms with Gasteiger partial charge in [-0.1, -0.05) is 23.7 Å². The van der Waals surface area contributed by atoms with Crippen molar-refractivity contribution in [3.8, 4) is 0 Å². The highest BCUT2D eigenvalue weighted by molar-refractivity contribution is 14.0. The number of halogens is 2. The molecule has 1 aromatic heterocycles. The third-order valence-electron chi connectivity index (χ3n) is 4.50. The number of para-hydroxylation sites is 1. The topological polar surface area (TPSA) is 43.8 Å². The van der Waals surface area contributed by atoms with E-state index in [1.807, 2.05) is 32.2 Å². The number of aromatic nitrogens is 1. The normalized spacial score (nSPS) is 14.9. The fourth-order valence-electron chi connectivity index (χ4n) is 3.16. The van der Waals surface area contributed by atoms with Crippen LogP contribution in [0.1, 0.15) is 17.1 Å². The van der Waals surface area contributed by atoms with E-state index in [2.05, 4.69) is 36.5 Å². The van der Waals surface area contributed by atoms with Gasteiger partial charge in [-0.3, -0.25) is 4.99 Å². The maximum Gasteiger partial charge on any atom is 0.193 e. The molecule has 0 atom stereocenters. The van der Waals surface area contributed by atoms with E-state index in [9.17, 15) is 0 Å². The van der Waals surface area contributed by atoms with E-state index in [1.54, 1.807) is 11.3 Å². The number of nitrogens with one attached hydrogen (secondary N) is 1. The Labute approximate surface area is 187 Å². The zero-order chi connectivity index (χ0) is 18.4. The second kappa shape index (κ2) is 11.1. The molecule has 1 aromatic carbocycles. The Hall–Kier alpha value is -1.06. The Bertz CT molecular complexity index is 743. The molecule has 2 heterocycles. The highest BCUT2D eigenvalue weighted by Gasteiger charge is 2.20. The molecular weight excluding hydrogens is 493 g/mol. The number of aryl methyl sites for hydroxylation is 2. The molecular formula is C19H27ClIN5S. The second-order valence-electron chi connectivity index (χ2n) is 6.39. The number of hydrogen-bond acceptors (Lipinski definition) is 4. The Morgan fingerprint density at radius 3 is 2.63 bits per heavy atom. The van der Waals surface area contributed by atoms with Gasteiger partial charge in [-0.2, -0.15) is 0 Å². The summed E-state index contributed by atoms with van der Waals surface area (Å²) in [4.78, 5) is 13.6. The molecule has 1 aliphatic heterocycles. The minimum absolute atomic E-state index is 0. The number of guanidine groups is 1. The van der Waals surface area contributed by atoms with E-state index >= 15 is 0 Å². The molecule has 8 heteroatoms. The highest BCUT2D eigenvalue weighted by Crippen LogP contribution is 2.26. The molecule has 0 saturated carbocycles. The molecule has 0 unspecified atom stereocenters. The van der Waals surface area contributed by atoms with E-state index in [4.69, 9.17) is 11.6 Å². The summed E-state index contributed by atoms with van der Waals surface area (Å²) in [6.07, 6.45) is 2.08. The zero-order valence-electron chi connectivity index (χ0n) is 15.8. The van der Waals surface area contributed by atoms with Crippen LogP contribution >= 0.6 is 46.9 Å². The summed E-state index contributed by atoms with van der Waals surface area (Å²) in [7, 11) is 1.85. The second-order valence-corrected chi connectivity index (χ2v) is 7.74. The molecule has 3 rings (SSSR count). The van der Waals surface area contributed by atoms with Crippen LogP contribution in [-0.2, 0) is 6.42 Å². The van der Waals surface area contributed by atoms with Crippen LogP contribution in [0.3, 0.4) is 0 Å². The Morgan fingerprint density at radius 1 is 1.26 bits per heavy atom. The lowest BCUT2D eigenvalue weighted by molar-refractivity contribution is 0.372. The number of hydrogen-bond donors (Lipinski definition) is 1. The first kappa shape index (κ1) is 22.2. The van der Waals surface area contributed by atoms with Crippen LogP contribution in [0.5, 0.6) is 0 Å². The molecule has 1 saturated heterocycles. The summed E-state index contributed by atoms with van der Waals surface area (Å²) in [5.41, 5.74) is 2.24. The van der Waals surface area contributed by atoms with Gasteiger partial charge < -0.3 is 15.1 Å². The van der Waals surface area contributed by atoms with Gasteiger partial charge in [-0.05, 0) is 25.5 Å². The quantitative estimate of drug-likeness (QED) is 0.280. The first-order chi connectivity index (χ1) is 12.7. The molecule has 0 radical (unpaired) electrons. The lowest BCUT2D eigenvalue weighted by Crippen LogP contribution is -2.52. The van der Waals surface area contributed by atoms with E-state index in [0.29, 0.717) is 0 Å². The average molecular weight is 520 g/mol. The summed E-state index contributed by atoms with van der Waals surface area (Å²) in [6.45, 7) is 6.73.